The van der Waals surface area contributed by atoms with Crippen LogP contribution in [0.15, 0.2) is 66.7 Å². The van der Waals surface area contributed by atoms with Crippen LogP contribution in [0.5, 0.6) is 11.5 Å². The van der Waals surface area contributed by atoms with Crippen LogP contribution in [-0.2, 0) is 0 Å². The summed E-state index contributed by atoms with van der Waals surface area (Å²) >= 11 is 0. The van der Waals surface area contributed by atoms with Crippen LogP contribution >= 0.6 is 0 Å². The van der Waals surface area contributed by atoms with E-state index in [1.807, 2.05) is 60.7 Å². The van der Waals surface area contributed by atoms with Gasteiger partial charge in [-0.05, 0) is 40.6 Å². The Bertz CT molecular complexity index is 925. The van der Waals surface area contributed by atoms with Crippen molar-refractivity contribution in [1.29, 1.82) is 0 Å². The minimum absolute atomic E-state index is 0.0200. The maximum Gasteiger partial charge on any atom is 0.231 e. The Morgan fingerprint density at radius 2 is 1.70 bits per heavy atom. The Kier molecular flexibility index (Phi) is 3.31. The third kappa shape index (κ3) is 2.69. The van der Waals surface area contributed by atoms with Gasteiger partial charge in [0.2, 0.25) is 6.79 Å². The number of ketones is 1. The molecular weight excluding hydrogens is 288 g/mol. The van der Waals surface area contributed by atoms with Crippen LogP contribution in [0.25, 0.3) is 16.8 Å². The number of hydrogen-bond donors (Lipinski definition) is 0. The first-order valence-electron chi connectivity index (χ1n) is 7.40. The summed E-state index contributed by atoms with van der Waals surface area (Å²) in [7, 11) is 0. The molecule has 4 rings (SSSR count). The second-order valence-electron chi connectivity index (χ2n) is 5.37. The predicted molar refractivity (Wildman–Crippen MR) is 89.9 cm³/mol. The molecule has 3 aromatic carbocycles. The molecule has 3 aromatic rings. The molecule has 112 valence electrons. The number of allylic oxidation sites excluding steroid dienone is 1. The summed E-state index contributed by atoms with van der Waals surface area (Å²) in [4.78, 5) is 12.4. The largest absolute Gasteiger partial charge is 0.454 e. The second-order valence-corrected chi connectivity index (χ2v) is 5.37. The van der Waals surface area contributed by atoms with Crippen molar-refractivity contribution < 1.29 is 14.3 Å². The van der Waals surface area contributed by atoms with Crippen molar-refractivity contribution in [2.75, 3.05) is 6.79 Å². The molecule has 3 nitrogen and oxygen atoms in total. The van der Waals surface area contributed by atoms with Crippen LogP contribution in [0.4, 0.5) is 0 Å². The van der Waals surface area contributed by atoms with E-state index in [0.717, 1.165) is 22.1 Å². The highest BCUT2D eigenvalue weighted by Gasteiger charge is 2.12. The summed E-state index contributed by atoms with van der Waals surface area (Å²) < 4.78 is 10.6. The Balaban J connectivity index is 1.58. The molecule has 0 spiro atoms. The standard InChI is InChI=1S/C20H14O3/c21-18(17-8-7-15-3-1-2-4-16(15)12-17)9-5-14-6-10-19-20(11-14)23-13-22-19/h1-12H,13H2/b9-5-. The van der Waals surface area contributed by atoms with Gasteiger partial charge in [0.15, 0.2) is 17.3 Å². The topological polar surface area (TPSA) is 35.5 Å². The minimum atomic E-state index is -0.0200. The summed E-state index contributed by atoms with van der Waals surface area (Å²) in [5, 5.41) is 2.19. The molecule has 0 saturated heterocycles. The van der Waals surface area contributed by atoms with Gasteiger partial charge in [-0.25, -0.2) is 0 Å². The van der Waals surface area contributed by atoms with Crippen molar-refractivity contribution in [3.8, 4) is 11.5 Å². The van der Waals surface area contributed by atoms with E-state index in [9.17, 15) is 4.79 Å². The lowest BCUT2D eigenvalue weighted by molar-refractivity contribution is 0.104. The molecule has 1 heterocycles. The van der Waals surface area contributed by atoms with E-state index >= 15 is 0 Å². The van der Waals surface area contributed by atoms with Crippen LogP contribution in [-0.4, -0.2) is 12.6 Å². The number of fused-ring (bicyclic) bond motifs is 2. The van der Waals surface area contributed by atoms with Crippen molar-refractivity contribution >= 4 is 22.6 Å². The van der Waals surface area contributed by atoms with E-state index < -0.39 is 0 Å². The quantitative estimate of drug-likeness (QED) is 0.529. The predicted octanol–water partition coefficient (Wildman–Crippen LogP) is 4.46. The molecule has 23 heavy (non-hydrogen) atoms. The first-order valence-corrected chi connectivity index (χ1v) is 7.40. The molecule has 0 aromatic heterocycles. The third-order valence-electron chi connectivity index (χ3n) is 3.86. The number of ether oxygens (including phenoxy) is 2. The molecule has 0 radical (unpaired) electrons. The van der Waals surface area contributed by atoms with E-state index in [1.165, 1.54) is 0 Å². The monoisotopic (exact) mass is 302 g/mol. The van der Waals surface area contributed by atoms with Gasteiger partial charge in [0.05, 0.1) is 0 Å². The first kappa shape index (κ1) is 13.6. The molecule has 0 bridgehead atoms. The molecule has 3 heteroatoms. The van der Waals surface area contributed by atoms with Crippen molar-refractivity contribution in [1.82, 2.24) is 0 Å². The molecule has 0 aliphatic carbocycles. The van der Waals surface area contributed by atoms with Gasteiger partial charge in [0.25, 0.3) is 0 Å². The van der Waals surface area contributed by atoms with Crippen LogP contribution in [0, 0.1) is 0 Å². The maximum atomic E-state index is 12.4. The number of carbonyl (C=O) groups excluding carboxylic acids is 1. The summed E-state index contributed by atoms with van der Waals surface area (Å²) in [5.41, 5.74) is 1.59. The van der Waals surface area contributed by atoms with Crippen molar-refractivity contribution in [3.05, 3.63) is 77.9 Å². The molecule has 1 aliphatic heterocycles. The van der Waals surface area contributed by atoms with Gasteiger partial charge in [-0.15, -0.1) is 0 Å². The lowest BCUT2D eigenvalue weighted by Gasteiger charge is -2.01. The average Bonchev–Trinajstić information content (AvgIpc) is 3.07. The Morgan fingerprint density at radius 3 is 2.61 bits per heavy atom. The van der Waals surface area contributed by atoms with Crippen LogP contribution in [0.1, 0.15) is 15.9 Å². The van der Waals surface area contributed by atoms with Gasteiger partial charge in [-0.1, -0.05) is 48.5 Å². The fraction of sp³-hybridized carbons (Fsp3) is 0.0500. The maximum absolute atomic E-state index is 12.4. The van der Waals surface area contributed by atoms with Gasteiger partial charge >= 0.3 is 0 Å². The zero-order chi connectivity index (χ0) is 15.6. The van der Waals surface area contributed by atoms with E-state index in [2.05, 4.69) is 0 Å². The summed E-state index contributed by atoms with van der Waals surface area (Å²) in [6, 6.07) is 19.4. The average molecular weight is 302 g/mol. The lowest BCUT2D eigenvalue weighted by atomic mass is 10.0. The van der Waals surface area contributed by atoms with E-state index in [0.29, 0.717) is 11.3 Å². The van der Waals surface area contributed by atoms with Gasteiger partial charge in [0.1, 0.15) is 0 Å². The molecule has 0 atom stereocenters. The zero-order valence-corrected chi connectivity index (χ0v) is 12.4. The van der Waals surface area contributed by atoms with Gasteiger partial charge in [-0.2, -0.15) is 0 Å². The highest BCUT2D eigenvalue weighted by atomic mass is 16.7. The SMILES string of the molecule is O=C(/C=C\c1ccc2c(c1)OCO2)c1ccc2ccccc2c1. The lowest BCUT2D eigenvalue weighted by Crippen LogP contribution is -1.93. The van der Waals surface area contributed by atoms with Gasteiger partial charge in [-0.3, -0.25) is 4.79 Å². The second kappa shape index (κ2) is 5.61. The summed E-state index contributed by atoms with van der Waals surface area (Å²) in [5.74, 6) is 1.43. The highest BCUT2D eigenvalue weighted by Crippen LogP contribution is 2.32. The highest BCUT2D eigenvalue weighted by molar-refractivity contribution is 6.08. The van der Waals surface area contributed by atoms with Crippen molar-refractivity contribution in [3.63, 3.8) is 0 Å². The third-order valence-corrected chi connectivity index (χ3v) is 3.86. The Hall–Kier alpha value is -3.07. The van der Waals surface area contributed by atoms with Crippen LogP contribution < -0.4 is 9.47 Å². The van der Waals surface area contributed by atoms with Gasteiger partial charge in [0, 0.05) is 5.56 Å². The number of hydrogen-bond acceptors (Lipinski definition) is 3. The van der Waals surface area contributed by atoms with E-state index in [1.54, 1.807) is 12.2 Å². The van der Waals surface area contributed by atoms with Crippen molar-refractivity contribution in [2.24, 2.45) is 0 Å². The summed E-state index contributed by atoms with van der Waals surface area (Å²) in [6.45, 7) is 0.249. The normalized spacial score (nSPS) is 12.9. The Labute approximate surface area is 133 Å². The fourth-order valence-corrected chi connectivity index (χ4v) is 2.63. The Morgan fingerprint density at radius 1 is 0.870 bits per heavy atom. The molecule has 0 unspecified atom stereocenters. The smallest absolute Gasteiger partial charge is 0.231 e. The molecule has 0 N–H and O–H groups in total. The summed E-state index contributed by atoms with van der Waals surface area (Å²) in [6.07, 6.45) is 3.38. The molecule has 0 fully saturated rings. The van der Waals surface area contributed by atoms with Gasteiger partial charge < -0.3 is 9.47 Å². The first-order chi connectivity index (χ1) is 11.3. The number of carbonyl (C=O) groups is 1. The van der Waals surface area contributed by atoms with Crippen LogP contribution in [0.2, 0.25) is 0 Å². The minimum Gasteiger partial charge on any atom is -0.454 e. The molecule has 0 saturated carbocycles. The molecular formula is C20H14O3. The molecule has 0 amide bonds. The number of benzene rings is 3. The van der Waals surface area contributed by atoms with E-state index in [-0.39, 0.29) is 12.6 Å². The number of rotatable bonds is 3. The molecule has 1 aliphatic rings. The van der Waals surface area contributed by atoms with Crippen molar-refractivity contribution in [2.45, 2.75) is 0 Å². The fourth-order valence-electron chi connectivity index (χ4n) is 2.63. The zero-order valence-electron chi connectivity index (χ0n) is 12.4. The van der Waals surface area contributed by atoms with Crippen LogP contribution in [0.3, 0.4) is 0 Å². The van der Waals surface area contributed by atoms with E-state index in [4.69, 9.17) is 9.47 Å².